The summed E-state index contributed by atoms with van der Waals surface area (Å²) in [4.78, 5) is 12.4. The van der Waals surface area contributed by atoms with E-state index in [-0.39, 0.29) is 41.1 Å². The predicted octanol–water partition coefficient (Wildman–Crippen LogP) is 7.21. The number of hydrogen-bond donors (Lipinski definition) is 1. The highest BCUT2D eigenvalue weighted by Gasteiger charge is 2.28. The third-order valence-corrected chi connectivity index (χ3v) is 6.91. The second-order valence-electron chi connectivity index (χ2n) is 9.34. The molecule has 0 saturated heterocycles. The highest BCUT2D eigenvalue weighted by Crippen LogP contribution is 2.40. The molecular formula is C30H29F3O4. The Balaban J connectivity index is 1.45. The fraction of sp³-hybridized carbons (Fsp3) is 0.300. The van der Waals surface area contributed by atoms with Crippen LogP contribution in [0.4, 0.5) is 13.2 Å². The molecule has 1 saturated carbocycles. The van der Waals surface area contributed by atoms with Gasteiger partial charge in [-0.2, -0.15) is 0 Å². The molecular weight excluding hydrogens is 481 g/mol. The Morgan fingerprint density at radius 1 is 1.00 bits per heavy atom. The highest BCUT2D eigenvalue weighted by atomic mass is 19.2. The van der Waals surface area contributed by atoms with Crippen molar-refractivity contribution in [3.63, 3.8) is 0 Å². The molecule has 3 aromatic carbocycles. The van der Waals surface area contributed by atoms with E-state index in [4.69, 9.17) is 9.47 Å². The lowest BCUT2D eigenvalue weighted by Gasteiger charge is -2.30. The monoisotopic (exact) mass is 510 g/mol. The van der Waals surface area contributed by atoms with Gasteiger partial charge in [-0.3, -0.25) is 0 Å². The number of carbonyl (C=O) groups excluding carboxylic acids is 1. The van der Waals surface area contributed by atoms with Crippen LogP contribution >= 0.6 is 0 Å². The van der Waals surface area contributed by atoms with Gasteiger partial charge in [0.1, 0.15) is 23.9 Å². The average molecular weight is 511 g/mol. The van der Waals surface area contributed by atoms with Crippen LogP contribution in [0.25, 0.3) is 11.1 Å². The molecule has 7 heteroatoms. The van der Waals surface area contributed by atoms with Gasteiger partial charge in [-0.05, 0) is 79.8 Å². The van der Waals surface area contributed by atoms with Crippen molar-refractivity contribution in [2.24, 2.45) is 5.92 Å². The van der Waals surface area contributed by atoms with Crippen LogP contribution in [-0.4, -0.2) is 23.8 Å². The molecule has 3 aromatic rings. The standard InChI is InChI=1S/C30H29F3O4/c1-3-16-36-23-12-13-26(27(31)17-23)30(35)37-22-10-8-21(9-11-22)25-15-14-24(28(32)29(25)33)20-6-4-19(5-7-20)18(2)34/h3,8-15,17-20,34H,1,4-7,16H2,2H3. The number of aliphatic hydroxyl groups excluding tert-OH is 1. The van der Waals surface area contributed by atoms with E-state index < -0.39 is 29.5 Å². The number of benzene rings is 3. The average Bonchev–Trinajstić information content (AvgIpc) is 2.89. The Morgan fingerprint density at radius 3 is 2.30 bits per heavy atom. The van der Waals surface area contributed by atoms with Crippen LogP contribution in [0, 0.1) is 23.4 Å². The maximum absolute atomic E-state index is 15.0. The molecule has 1 atom stereocenters. The molecule has 0 spiro atoms. The minimum absolute atomic E-state index is 0.0802. The molecule has 0 aromatic heterocycles. The Hall–Kier alpha value is -3.58. The highest BCUT2D eigenvalue weighted by molar-refractivity contribution is 5.91. The topological polar surface area (TPSA) is 55.8 Å². The molecule has 194 valence electrons. The van der Waals surface area contributed by atoms with Crippen molar-refractivity contribution in [3.05, 3.63) is 95.8 Å². The summed E-state index contributed by atoms with van der Waals surface area (Å²) in [5.74, 6) is -2.97. The zero-order valence-corrected chi connectivity index (χ0v) is 20.6. The molecule has 0 radical (unpaired) electrons. The second-order valence-corrected chi connectivity index (χ2v) is 9.34. The summed E-state index contributed by atoms with van der Waals surface area (Å²) < 4.78 is 54.9. The van der Waals surface area contributed by atoms with Gasteiger partial charge in [-0.1, -0.05) is 36.9 Å². The molecule has 0 heterocycles. The van der Waals surface area contributed by atoms with Crippen LogP contribution < -0.4 is 9.47 Å². The Kier molecular flexibility index (Phi) is 8.34. The van der Waals surface area contributed by atoms with Gasteiger partial charge in [0, 0.05) is 11.6 Å². The maximum Gasteiger partial charge on any atom is 0.346 e. The quantitative estimate of drug-likeness (QED) is 0.198. The third kappa shape index (κ3) is 6.05. The number of aliphatic hydroxyl groups is 1. The first-order chi connectivity index (χ1) is 17.8. The van der Waals surface area contributed by atoms with Crippen molar-refractivity contribution in [3.8, 4) is 22.6 Å². The summed E-state index contributed by atoms with van der Waals surface area (Å²) in [7, 11) is 0. The number of carbonyl (C=O) groups is 1. The van der Waals surface area contributed by atoms with Crippen molar-refractivity contribution in [2.75, 3.05) is 6.61 Å². The van der Waals surface area contributed by atoms with Crippen LogP contribution in [0.5, 0.6) is 11.5 Å². The summed E-state index contributed by atoms with van der Waals surface area (Å²) >= 11 is 0. The molecule has 0 amide bonds. The molecule has 1 aliphatic carbocycles. The summed E-state index contributed by atoms with van der Waals surface area (Å²) in [5.41, 5.74) is 0.605. The largest absolute Gasteiger partial charge is 0.489 e. The summed E-state index contributed by atoms with van der Waals surface area (Å²) in [6, 6.07) is 12.9. The summed E-state index contributed by atoms with van der Waals surface area (Å²) in [6.07, 6.45) is 4.09. The van der Waals surface area contributed by atoms with Gasteiger partial charge >= 0.3 is 5.97 Å². The first kappa shape index (κ1) is 26.5. The lowest BCUT2D eigenvalue weighted by Crippen LogP contribution is -2.23. The van der Waals surface area contributed by atoms with Crippen LogP contribution in [0.2, 0.25) is 0 Å². The van der Waals surface area contributed by atoms with Crippen molar-refractivity contribution in [1.29, 1.82) is 0 Å². The Morgan fingerprint density at radius 2 is 1.68 bits per heavy atom. The molecule has 0 aliphatic heterocycles. The maximum atomic E-state index is 15.0. The first-order valence-corrected chi connectivity index (χ1v) is 12.3. The van der Waals surface area contributed by atoms with Gasteiger partial charge in [0.25, 0.3) is 0 Å². The zero-order valence-electron chi connectivity index (χ0n) is 20.6. The molecule has 37 heavy (non-hydrogen) atoms. The van der Waals surface area contributed by atoms with E-state index in [1.54, 1.807) is 19.1 Å². The first-order valence-electron chi connectivity index (χ1n) is 12.3. The van der Waals surface area contributed by atoms with Gasteiger partial charge in [0.05, 0.1) is 11.7 Å². The minimum atomic E-state index is -0.930. The van der Waals surface area contributed by atoms with E-state index in [0.29, 0.717) is 24.0 Å². The summed E-state index contributed by atoms with van der Waals surface area (Å²) in [6.45, 7) is 5.49. The number of halogens is 3. The fourth-order valence-electron chi connectivity index (χ4n) is 4.79. The molecule has 0 bridgehead atoms. The summed E-state index contributed by atoms with van der Waals surface area (Å²) in [5, 5.41) is 9.78. The van der Waals surface area contributed by atoms with Crippen LogP contribution in [0.3, 0.4) is 0 Å². The van der Waals surface area contributed by atoms with Crippen molar-refractivity contribution < 1.29 is 32.5 Å². The Labute approximate surface area is 214 Å². The van der Waals surface area contributed by atoms with Gasteiger partial charge in [-0.15, -0.1) is 0 Å². The van der Waals surface area contributed by atoms with Gasteiger partial charge < -0.3 is 14.6 Å². The van der Waals surface area contributed by atoms with E-state index in [9.17, 15) is 14.3 Å². The normalized spacial score (nSPS) is 18.2. The van der Waals surface area contributed by atoms with Crippen molar-refractivity contribution >= 4 is 5.97 Å². The predicted molar refractivity (Wildman–Crippen MR) is 135 cm³/mol. The van der Waals surface area contributed by atoms with Gasteiger partial charge in [0.15, 0.2) is 11.6 Å². The molecule has 4 nitrogen and oxygen atoms in total. The smallest absolute Gasteiger partial charge is 0.346 e. The molecule has 1 N–H and O–H groups in total. The Bertz CT molecular complexity index is 1260. The van der Waals surface area contributed by atoms with Gasteiger partial charge in [-0.25, -0.2) is 18.0 Å². The van der Waals surface area contributed by atoms with Gasteiger partial charge in [0.2, 0.25) is 0 Å². The minimum Gasteiger partial charge on any atom is -0.489 e. The van der Waals surface area contributed by atoms with Crippen molar-refractivity contribution in [1.82, 2.24) is 0 Å². The second kappa shape index (κ2) is 11.6. The lowest BCUT2D eigenvalue weighted by atomic mass is 9.76. The number of ether oxygens (including phenoxy) is 2. The lowest BCUT2D eigenvalue weighted by molar-refractivity contribution is 0.0729. The molecule has 1 fully saturated rings. The van der Waals surface area contributed by atoms with E-state index in [0.717, 1.165) is 18.9 Å². The zero-order chi connectivity index (χ0) is 26.5. The van der Waals surface area contributed by atoms with E-state index in [1.807, 2.05) is 0 Å². The van der Waals surface area contributed by atoms with Crippen LogP contribution in [-0.2, 0) is 0 Å². The van der Waals surface area contributed by atoms with Crippen LogP contribution in [0.1, 0.15) is 54.4 Å². The fourth-order valence-corrected chi connectivity index (χ4v) is 4.79. The number of hydrogen-bond acceptors (Lipinski definition) is 4. The van der Waals surface area contributed by atoms with Crippen molar-refractivity contribution in [2.45, 2.75) is 44.6 Å². The molecule has 1 unspecified atom stereocenters. The van der Waals surface area contributed by atoms with E-state index in [1.165, 1.54) is 42.5 Å². The van der Waals surface area contributed by atoms with E-state index >= 15 is 8.78 Å². The third-order valence-electron chi connectivity index (χ3n) is 6.91. The van der Waals surface area contributed by atoms with Crippen LogP contribution in [0.15, 0.2) is 67.3 Å². The SMILES string of the molecule is C=CCOc1ccc(C(=O)Oc2ccc(-c3ccc(C4CCC(C(C)O)CC4)c(F)c3F)cc2)c(F)c1. The number of rotatable bonds is 8. The number of esters is 1. The van der Waals surface area contributed by atoms with E-state index in [2.05, 4.69) is 6.58 Å². The molecule has 1 aliphatic rings. The molecule has 4 rings (SSSR count).